The van der Waals surface area contributed by atoms with Crippen LogP contribution in [0.5, 0.6) is 0 Å². The lowest BCUT2D eigenvalue weighted by molar-refractivity contribution is -0.384. The Kier molecular flexibility index (Phi) is 6.03. The van der Waals surface area contributed by atoms with Gasteiger partial charge in [0.2, 0.25) is 0 Å². The van der Waals surface area contributed by atoms with E-state index < -0.39 is 4.92 Å². The summed E-state index contributed by atoms with van der Waals surface area (Å²) in [6.45, 7) is 4.17. The van der Waals surface area contributed by atoms with Crippen molar-refractivity contribution in [3.8, 4) is 33.9 Å². The van der Waals surface area contributed by atoms with Crippen LogP contribution >= 0.6 is 15.9 Å². The normalized spacial score (nSPS) is 14.3. The fourth-order valence-electron chi connectivity index (χ4n) is 5.15. The maximum absolute atomic E-state index is 13.7. The van der Waals surface area contributed by atoms with Crippen molar-refractivity contribution < 1.29 is 9.72 Å². The molecule has 0 spiro atoms. The molecule has 0 fully saturated rings. The van der Waals surface area contributed by atoms with E-state index in [2.05, 4.69) is 29.8 Å². The SMILES string of the molecule is CC1(C)CC(=O)c2c(nn(-c3ccc(Br)cc3)c2-c2cn(-c3ccccc3)nc2-c2ccc([N+](=O)[O-])cc2)C1. The van der Waals surface area contributed by atoms with Crippen molar-refractivity contribution in [1.82, 2.24) is 19.6 Å². The van der Waals surface area contributed by atoms with Gasteiger partial charge >= 0.3 is 0 Å². The monoisotopic (exact) mass is 581 g/mol. The molecule has 0 saturated heterocycles. The largest absolute Gasteiger partial charge is 0.294 e. The van der Waals surface area contributed by atoms with Gasteiger partial charge in [-0.15, -0.1) is 0 Å². The van der Waals surface area contributed by atoms with Crippen LogP contribution in [0.4, 0.5) is 5.69 Å². The molecule has 194 valence electrons. The summed E-state index contributed by atoms with van der Waals surface area (Å²) in [6, 6.07) is 23.8. The van der Waals surface area contributed by atoms with E-state index in [4.69, 9.17) is 10.2 Å². The zero-order chi connectivity index (χ0) is 27.3. The molecule has 8 nitrogen and oxygen atoms in total. The molecule has 0 unspecified atom stereocenters. The van der Waals surface area contributed by atoms with Crippen LogP contribution in [0, 0.1) is 15.5 Å². The Hall–Kier alpha value is -4.37. The van der Waals surface area contributed by atoms with Crippen LogP contribution in [0.2, 0.25) is 0 Å². The Morgan fingerprint density at radius 3 is 2.26 bits per heavy atom. The van der Waals surface area contributed by atoms with E-state index in [9.17, 15) is 14.9 Å². The Morgan fingerprint density at radius 1 is 0.897 bits per heavy atom. The van der Waals surface area contributed by atoms with Gasteiger partial charge in [-0.3, -0.25) is 14.9 Å². The summed E-state index contributed by atoms with van der Waals surface area (Å²) in [5.41, 5.74) is 5.52. The molecule has 0 bridgehead atoms. The summed E-state index contributed by atoms with van der Waals surface area (Å²) < 4.78 is 4.54. The predicted molar refractivity (Wildman–Crippen MR) is 152 cm³/mol. The summed E-state index contributed by atoms with van der Waals surface area (Å²) in [5, 5.41) is 21.2. The highest BCUT2D eigenvalue weighted by Gasteiger charge is 2.38. The quantitative estimate of drug-likeness (QED) is 0.161. The second-order valence-corrected chi connectivity index (χ2v) is 11.4. The highest BCUT2D eigenvalue weighted by atomic mass is 79.9. The molecule has 5 aromatic rings. The Bertz CT molecular complexity index is 1720. The number of nitro groups is 1. The molecule has 0 saturated carbocycles. The third-order valence-electron chi connectivity index (χ3n) is 6.93. The standard InChI is InChI=1S/C30H24BrN5O3/c1-30(2)16-25-27(26(37)17-30)29(35(32-25)22-14-10-20(31)11-15-22)24-18-34(21-6-4-3-5-7-21)33-28(24)19-8-12-23(13-9-19)36(38)39/h3-15,18H,16-17H2,1-2H3. The minimum absolute atomic E-state index is 0.00233. The molecule has 1 aliphatic rings. The summed E-state index contributed by atoms with van der Waals surface area (Å²) in [4.78, 5) is 24.6. The second kappa shape index (κ2) is 9.43. The number of ketones is 1. The first kappa shape index (κ1) is 24.9. The van der Waals surface area contributed by atoms with Gasteiger partial charge in [-0.25, -0.2) is 9.36 Å². The molecule has 0 amide bonds. The van der Waals surface area contributed by atoms with E-state index in [1.54, 1.807) is 16.8 Å². The number of halogens is 1. The molecule has 0 radical (unpaired) electrons. The van der Waals surface area contributed by atoms with Gasteiger partial charge in [0.1, 0.15) is 5.69 Å². The molecule has 1 aliphatic carbocycles. The van der Waals surface area contributed by atoms with Gasteiger partial charge in [0.05, 0.1) is 33.2 Å². The fraction of sp³-hybridized carbons (Fsp3) is 0.167. The molecule has 3 aromatic carbocycles. The molecular formula is C30H24BrN5O3. The van der Waals surface area contributed by atoms with Crippen molar-refractivity contribution in [1.29, 1.82) is 0 Å². The Labute approximate surface area is 233 Å². The molecular weight excluding hydrogens is 558 g/mol. The zero-order valence-corrected chi connectivity index (χ0v) is 22.9. The number of para-hydroxylation sites is 1. The average molecular weight is 582 g/mol. The maximum Gasteiger partial charge on any atom is 0.269 e. The number of non-ortho nitro benzene ring substituents is 1. The number of hydrogen-bond donors (Lipinski definition) is 0. The second-order valence-electron chi connectivity index (χ2n) is 10.5. The summed E-state index contributed by atoms with van der Waals surface area (Å²) in [5.74, 6) is 0.0433. The van der Waals surface area contributed by atoms with Crippen LogP contribution in [0.1, 0.15) is 36.3 Å². The minimum atomic E-state index is -0.424. The van der Waals surface area contributed by atoms with Crippen molar-refractivity contribution in [2.24, 2.45) is 5.41 Å². The van der Waals surface area contributed by atoms with E-state index in [1.165, 1.54) is 12.1 Å². The molecule has 0 N–H and O–H groups in total. The van der Waals surface area contributed by atoms with E-state index >= 15 is 0 Å². The molecule has 6 rings (SSSR count). The fourth-order valence-corrected chi connectivity index (χ4v) is 5.42. The van der Waals surface area contributed by atoms with E-state index in [-0.39, 0.29) is 16.9 Å². The Morgan fingerprint density at radius 2 is 1.59 bits per heavy atom. The average Bonchev–Trinajstić information content (AvgIpc) is 3.51. The number of nitrogens with zero attached hydrogens (tertiary/aromatic N) is 5. The van der Waals surface area contributed by atoms with Crippen LogP contribution in [0.3, 0.4) is 0 Å². The minimum Gasteiger partial charge on any atom is -0.294 e. The van der Waals surface area contributed by atoms with Crippen molar-refractivity contribution >= 4 is 27.4 Å². The third-order valence-corrected chi connectivity index (χ3v) is 7.46. The maximum atomic E-state index is 13.7. The zero-order valence-electron chi connectivity index (χ0n) is 21.3. The van der Waals surface area contributed by atoms with Crippen LogP contribution in [-0.4, -0.2) is 30.3 Å². The van der Waals surface area contributed by atoms with E-state index in [0.29, 0.717) is 35.4 Å². The van der Waals surface area contributed by atoms with Gasteiger partial charge in [-0.05, 0) is 60.4 Å². The number of carbonyl (C=O) groups is 1. The smallest absolute Gasteiger partial charge is 0.269 e. The lowest BCUT2D eigenvalue weighted by Gasteiger charge is -2.27. The molecule has 9 heteroatoms. The van der Waals surface area contributed by atoms with E-state index in [0.717, 1.165) is 27.1 Å². The van der Waals surface area contributed by atoms with Gasteiger partial charge in [0.25, 0.3) is 5.69 Å². The van der Waals surface area contributed by atoms with Crippen molar-refractivity contribution in [2.45, 2.75) is 26.7 Å². The number of hydrogen-bond acceptors (Lipinski definition) is 5. The first-order chi connectivity index (χ1) is 18.7. The Balaban J connectivity index is 1.64. The molecule has 2 aromatic heterocycles. The van der Waals surface area contributed by atoms with Gasteiger partial charge in [-0.1, -0.05) is 48.0 Å². The number of aromatic nitrogens is 4. The first-order valence-electron chi connectivity index (χ1n) is 12.5. The molecule has 0 atom stereocenters. The molecule has 39 heavy (non-hydrogen) atoms. The highest BCUT2D eigenvalue weighted by molar-refractivity contribution is 9.10. The number of nitro benzene ring substituents is 1. The number of fused-ring (bicyclic) bond motifs is 1. The first-order valence-corrected chi connectivity index (χ1v) is 13.3. The lowest BCUT2D eigenvalue weighted by Crippen LogP contribution is -2.26. The van der Waals surface area contributed by atoms with Crippen LogP contribution in [-0.2, 0) is 6.42 Å². The third kappa shape index (κ3) is 4.59. The summed E-state index contributed by atoms with van der Waals surface area (Å²) in [7, 11) is 0. The lowest BCUT2D eigenvalue weighted by atomic mass is 9.75. The number of Topliss-reactive ketones (excluding diaryl/α,β-unsaturated/α-hetero) is 1. The van der Waals surface area contributed by atoms with Crippen molar-refractivity contribution in [3.05, 3.63) is 111 Å². The number of rotatable bonds is 5. The van der Waals surface area contributed by atoms with Gasteiger partial charge < -0.3 is 0 Å². The highest BCUT2D eigenvalue weighted by Crippen LogP contribution is 2.43. The summed E-state index contributed by atoms with van der Waals surface area (Å²) >= 11 is 3.51. The van der Waals surface area contributed by atoms with Gasteiger partial charge in [0.15, 0.2) is 5.78 Å². The van der Waals surface area contributed by atoms with Crippen molar-refractivity contribution in [2.75, 3.05) is 0 Å². The number of carbonyl (C=O) groups excluding carboxylic acids is 1. The molecule has 0 aliphatic heterocycles. The molecule has 2 heterocycles. The van der Waals surface area contributed by atoms with Gasteiger partial charge in [0, 0.05) is 40.4 Å². The number of benzene rings is 3. The van der Waals surface area contributed by atoms with Crippen LogP contribution in [0.15, 0.2) is 89.5 Å². The van der Waals surface area contributed by atoms with Crippen LogP contribution in [0.25, 0.3) is 33.9 Å². The van der Waals surface area contributed by atoms with E-state index in [1.807, 2.05) is 65.5 Å². The van der Waals surface area contributed by atoms with Gasteiger partial charge in [-0.2, -0.15) is 10.2 Å². The van der Waals surface area contributed by atoms with Crippen LogP contribution < -0.4 is 0 Å². The van der Waals surface area contributed by atoms with Crippen molar-refractivity contribution in [3.63, 3.8) is 0 Å². The topological polar surface area (TPSA) is 95.8 Å². The summed E-state index contributed by atoms with van der Waals surface area (Å²) in [6.07, 6.45) is 2.99. The predicted octanol–water partition coefficient (Wildman–Crippen LogP) is 7.22.